The second-order valence-corrected chi connectivity index (χ2v) is 9.23. The van der Waals surface area contributed by atoms with E-state index in [1.165, 1.54) is 0 Å². The molecule has 194 valence electrons. The number of hydrogen-bond donors (Lipinski definition) is 0. The molecule has 0 radical (unpaired) electrons. The van der Waals surface area contributed by atoms with Crippen LogP contribution in [0.15, 0.2) is 82.0 Å². The molecule has 0 bridgehead atoms. The molecular weight excluding hydrogens is 468 g/mol. The number of aryl methyl sites for hydroxylation is 2. The van der Waals surface area contributed by atoms with Gasteiger partial charge in [0.25, 0.3) is 0 Å². The molecule has 0 N–H and O–H groups in total. The minimum Gasteiger partial charge on any atom is -0.462 e. The maximum atomic E-state index is 12.8. The lowest BCUT2D eigenvalue weighted by atomic mass is 9.96. The van der Waals surface area contributed by atoms with Crippen LogP contribution in [-0.4, -0.2) is 25.2 Å². The van der Waals surface area contributed by atoms with Gasteiger partial charge in [-0.05, 0) is 81.2 Å². The predicted molar refractivity (Wildman–Crippen MR) is 145 cm³/mol. The fourth-order valence-electron chi connectivity index (χ4n) is 3.95. The summed E-state index contributed by atoms with van der Waals surface area (Å²) in [5, 5.41) is 0.900. The van der Waals surface area contributed by atoms with Crippen molar-refractivity contribution >= 4 is 22.9 Å². The number of fused-ring (bicyclic) bond motifs is 1. The van der Waals surface area contributed by atoms with E-state index in [4.69, 9.17) is 13.9 Å². The molecule has 0 saturated heterocycles. The number of rotatable bonds is 13. The van der Waals surface area contributed by atoms with Gasteiger partial charge in [0.05, 0.1) is 18.8 Å². The third-order valence-electron chi connectivity index (χ3n) is 5.95. The Balaban J connectivity index is 1.78. The highest BCUT2D eigenvalue weighted by Crippen LogP contribution is 2.27. The smallest absolute Gasteiger partial charge is 0.344 e. The molecule has 0 unspecified atom stereocenters. The molecule has 3 rings (SSSR count). The van der Waals surface area contributed by atoms with Crippen LogP contribution in [0.4, 0.5) is 0 Å². The van der Waals surface area contributed by atoms with Gasteiger partial charge in [-0.15, -0.1) is 0 Å². The van der Waals surface area contributed by atoms with Crippen LogP contribution in [0, 0.1) is 0 Å². The summed E-state index contributed by atoms with van der Waals surface area (Å²) in [6, 6.07) is 15.5. The minimum absolute atomic E-state index is 0.330. The molecule has 6 nitrogen and oxygen atoms in total. The number of benzene rings is 2. The van der Waals surface area contributed by atoms with E-state index in [1.807, 2.05) is 42.5 Å². The number of hydrogen-bond acceptors (Lipinski definition) is 6. The molecule has 0 aliphatic rings. The van der Waals surface area contributed by atoms with Gasteiger partial charge in [0.15, 0.2) is 0 Å². The van der Waals surface area contributed by atoms with E-state index in [0.29, 0.717) is 41.9 Å². The summed E-state index contributed by atoms with van der Waals surface area (Å²) in [6.07, 6.45) is 4.55. The van der Waals surface area contributed by atoms with Crippen LogP contribution in [0.1, 0.15) is 50.7 Å². The van der Waals surface area contributed by atoms with Gasteiger partial charge >= 0.3 is 17.6 Å². The molecule has 1 aromatic heterocycles. The van der Waals surface area contributed by atoms with Gasteiger partial charge < -0.3 is 13.9 Å². The molecule has 0 saturated carbocycles. The quantitative estimate of drug-likeness (QED) is 0.117. The highest BCUT2D eigenvalue weighted by Gasteiger charge is 2.13. The summed E-state index contributed by atoms with van der Waals surface area (Å²) < 4.78 is 16.2. The molecule has 3 aromatic rings. The van der Waals surface area contributed by atoms with E-state index < -0.39 is 0 Å². The third kappa shape index (κ3) is 8.04. The molecule has 0 aliphatic carbocycles. The number of carbonyl (C=O) groups is 2. The number of esters is 2. The fourth-order valence-corrected chi connectivity index (χ4v) is 3.95. The maximum absolute atomic E-state index is 12.8. The summed E-state index contributed by atoms with van der Waals surface area (Å²) in [4.78, 5) is 36.0. The zero-order valence-corrected chi connectivity index (χ0v) is 21.6. The van der Waals surface area contributed by atoms with Gasteiger partial charge in [-0.1, -0.05) is 49.6 Å². The first-order valence-electron chi connectivity index (χ1n) is 12.6. The van der Waals surface area contributed by atoms with E-state index in [0.717, 1.165) is 54.2 Å². The number of unbranched alkanes of at least 4 members (excludes halogenated alkanes) is 2. The molecule has 0 spiro atoms. The van der Waals surface area contributed by atoms with Crippen LogP contribution in [0.2, 0.25) is 0 Å². The summed E-state index contributed by atoms with van der Waals surface area (Å²) in [5.41, 5.74) is 4.42. The van der Waals surface area contributed by atoms with Crippen molar-refractivity contribution in [2.75, 3.05) is 13.2 Å². The molecule has 6 heteroatoms. The SMILES string of the molecule is C=C(C)C(=O)OCCCCc1cc(CCCCOC(=O)C(=C)C)c2cc(-c3ccccc3)c(=O)oc2c1. The maximum Gasteiger partial charge on any atom is 0.344 e. The predicted octanol–water partition coefficient (Wildman–Crippen LogP) is 6.34. The Morgan fingerprint density at radius 3 is 2.00 bits per heavy atom. The zero-order chi connectivity index (χ0) is 26.8. The first-order chi connectivity index (χ1) is 17.8. The van der Waals surface area contributed by atoms with Gasteiger partial charge in [-0.3, -0.25) is 0 Å². The van der Waals surface area contributed by atoms with Gasteiger partial charge in [0.1, 0.15) is 5.58 Å². The van der Waals surface area contributed by atoms with Crippen molar-refractivity contribution in [1.29, 1.82) is 0 Å². The van der Waals surface area contributed by atoms with Crippen LogP contribution in [0.25, 0.3) is 22.1 Å². The van der Waals surface area contributed by atoms with Gasteiger partial charge in [0, 0.05) is 16.5 Å². The molecular formula is C31H34O6. The molecule has 1 heterocycles. The standard InChI is InChI=1S/C31H34O6/c1-21(2)29(32)35-16-10-8-12-23-18-25(15-9-11-17-36-30(33)22(3)4)26-20-27(24-13-6-5-7-14-24)31(34)37-28(26)19-23/h5-7,13-14,18-20H,1,3,8-12,15-17H2,2,4H3. The van der Waals surface area contributed by atoms with Crippen LogP contribution in [0.5, 0.6) is 0 Å². The lowest BCUT2D eigenvalue weighted by Gasteiger charge is -2.12. The lowest BCUT2D eigenvalue weighted by Crippen LogP contribution is -2.07. The second kappa shape index (κ2) is 13.4. The molecule has 37 heavy (non-hydrogen) atoms. The van der Waals surface area contributed by atoms with Gasteiger partial charge in [0.2, 0.25) is 0 Å². The van der Waals surface area contributed by atoms with E-state index in [9.17, 15) is 14.4 Å². The Hall–Kier alpha value is -3.93. The highest BCUT2D eigenvalue weighted by atomic mass is 16.5. The normalized spacial score (nSPS) is 10.8. The fraction of sp³-hybridized carbons (Fsp3) is 0.323. The van der Waals surface area contributed by atoms with Gasteiger partial charge in [-0.2, -0.15) is 0 Å². The molecule has 2 aromatic carbocycles. The van der Waals surface area contributed by atoms with Crippen LogP contribution >= 0.6 is 0 Å². The third-order valence-corrected chi connectivity index (χ3v) is 5.95. The van der Waals surface area contributed by atoms with Crippen molar-refractivity contribution in [3.8, 4) is 11.1 Å². The van der Waals surface area contributed by atoms with Crippen molar-refractivity contribution in [3.05, 3.63) is 94.4 Å². The Morgan fingerprint density at radius 1 is 0.811 bits per heavy atom. The van der Waals surface area contributed by atoms with E-state index in [-0.39, 0.29) is 17.6 Å². The average molecular weight is 503 g/mol. The Morgan fingerprint density at radius 2 is 1.41 bits per heavy atom. The summed E-state index contributed by atoms with van der Waals surface area (Å²) in [5.74, 6) is -0.756. The second-order valence-electron chi connectivity index (χ2n) is 9.23. The first-order valence-corrected chi connectivity index (χ1v) is 12.6. The monoisotopic (exact) mass is 502 g/mol. The van der Waals surface area contributed by atoms with Crippen LogP contribution in [0.3, 0.4) is 0 Å². The topological polar surface area (TPSA) is 82.8 Å². The largest absolute Gasteiger partial charge is 0.462 e. The molecule has 0 fully saturated rings. The van der Waals surface area contributed by atoms with E-state index >= 15 is 0 Å². The average Bonchev–Trinajstić information content (AvgIpc) is 2.87. The number of ether oxygens (including phenoxy) is 2. The number of carbonyl (C=O) groups excluding carboxylic acids is 2. The Bertz CT molecular complexity index is 1330. The summed E-state index contributed by atoms with van der Waals surface area (Å²) in [6.45, 7) is 11.1. The van der Waals surface area contributed by atoms with Crippen molar-refractivity contribution < 1.29 is 23.5 Å². The molecule has 0 atom stereocenters. The van der Waals surface area contributed by atoms with Gasteiger partial charge in [-0.25, -0.2) is 14.4 Å². The summed E-state index contributed by atoms with van der Waals surface area (Å²) in [7, 11) is 0. The lowest BCUT2D eigenvalue weighted by molar-refractivity contribution is -0.139. The van der Waals surface area contributed by atoms with Crippen molar-refractivity contribution in [3.63, 3.8) is 0 Å². The zero-order valence-electron chi connectivity index (χ0n) is 21.6. The minimum atomic E-state index is -0.379. The Labute approximate surface area is 217 Å². The van der Waals surface area contributed by atoms with Crippen molar-refractivity contribution in [2.45, 2.75) is 52.4 Å². The first kappa shape index (κ1) is 27.7. The van der Waals surface area contributed by atoms with E-state index in [1.54, 1.807) is 13.8 Å². The molecule has 0 aliphatic heterocycles. The van der Waals surface area contributed by atoms with Crippen LogP contribution in [-0.2, 0) is 31.9 Å². The highest BCUT2D eigenvalue weighted by molar-refractivity contribution is 5.87. The van der Waals surface area contributed by atoms with Crippen molar-refractivity contribution in [1.82, 2.24) is 0 Å². The van der Waals surface area contributed by atoms with Crippen LogP contribution < -0.4 is 5.63 Å². The van der Waals surface area contributed by atoms with E-state index in [2.05, 4.69) is 19.2 Å². The Kier molecular flexibility index (Phi) is 10.0. The van der Waals surface area contributed by atoms with Crippen molar-refractivity contribution in [2.24, 2.45) is 0 Å². The summed E-state index contributed by atoms with van der Waals surface area (Å²) >= 11 is 0. The molecule has 0 amide bonds.